The Bertz CT molecular complexity index is 2350. The van der Waals surface area contributed by atoms with Crippen molar-refractivity contribution in [3.05, 3.63) is 71.5 Å². The predicted molar refractivity (Wildman–Crippen MR) is 242 cm³/mol. The van der Waals surface area contributed by atoms with Crippen molar-refractivity contribution in [3.63, 3.8) is 0 Å². The normalized spacial score (nSPS) is 22.5. The number of likely N-dealkylation sites (N-methyl/N-ethyl adjacent to an activating group) is 2. The lowest BCUT2D eigenvalue weighted by molar-refractivity contribution is -0.155. The van der Waals surface area contributed by atoms with Crippen LogP contribution in [0.15, 0.2) is 54.9 Å². The minimum atomic E-state index is -1.11. The molecule has 3 amide bonds. The number of benzene rings is 2. The molecule has 338 valence electrons. The van der Waals surface area contributed by atoms with E-state index in [1.165, 1.54) is 9.91 Å². The summed E-state index contributed by atoms with van der Waals surface area (Å²) in [6.45, 7) is 14.4. The van der Waals surface area contributed by atoms with Gasteiger partial charge in [-0.15, -0.1) is 0 Å². The van der Waals surface area contributed by atoms with Crippen molar-refractivity contribution >= 4 is 34.6 Å². The number of rotatable bonds is 9. The van der Waals surface area contributed by atoms with Gasteiger partial charge in [0.1, 0.15) is 23.9 Å². The molecule has 5 atom stereocenters. The summed E-state index contributed by atoms with van der Waals surface area (Å²) in [6, 6.07) is 10.4. The van der Waals surface area contributed by atoms with Crippen LogP contribution in [0.3, 0.4) is 0 Å². The zero-order valence-electron chi connectivity index (χ0n) is 38.4. The number of carbonyl (C=O) groups excluding carboxylic acids is 4. The number of phenols is 1. The molecule has 4 aromatic rings. The number of ether oxygens (including phenoxy) is 2. The van der Waals surface area contributed by atoms with Crippen LogP contribution in [0.5, 0.6) is 5.75 Å². The van der Waals surface area contributed by atoms with E-state index in [-0.39, 0.29) is 42.6 Å². The predicted octanol–water partition coefficient (Wildman–Crippen LogP) is 5.71. The van der Waals surface area contributed by atoms with Gasteiger partial charge in [0.15, 0.2) is 0 Å². The molecule has 5 heterocycles. The molecule has 2 fully saturated rings. The third-order valence-electron chi connectivity index (χ3n) is 13.2. The molecule has 63 heavy (non-hydrogen) atoms. The number of aromatic nitrogens is 2. The summed E-state index contributed by atoms with van der Waals surface area (Å²) in [5, 5.41) is 16.8. The molecule has 7 rings (SSSR count). The Hall–Kier alpha value is -5.31. The standard InChI is InChI=1S/C49H65N7O7/c1-10-55-41-14-13-32-24-36(41)37(44(55)38-26-50-17-15-33(38)27-62-9)25-49(5,6)28-63-48(61)39-12-11-18-56(52-39)46(59)40(22-31-20-34(32)23-35(57)21-31)51-45(58)42(29(2)3)54(8)47(60)43-30(4)16-19-53(43)7/h13-15,17,20-21,23-24,26,29-30,39-40,42-43,52,57H,10-12,16,18-19,22,25,27-28H2,1-9H3,(H,51,58)/t30-,39-,40-,42?,43+/m0/s1. The van der Waals surface area contributed by atoms with E-state index < -0.39 is 41.3 Å². The number of esters is 1. The minimum absolute atomic E-state index is 0.0152. The number of carbonyl (C=O) groups is 4. The fraction of sp³-hybridized carbons (Fsp3) is 0.531. The maximum Gasteiger partial charge on any atom is 0.324 e. The number of hydrazine groups is 1. The fourth-order valence-electron chi connectivity index (χ4n) is 10.0. The van der Waals surface area contributed by atoms with Crippen molar-refractivity contribution in [2.75, 3.05) is 40.9 Å². The van der Waals surface area contributed by atoms with Crippen LogP contribution in [0.25, 0.3) is 33.3 Å². The zero-order valence-corrected chi connectivity index (χ0v) is 38.4. The van der Waals surface area contributed by atoms with E-state index in [0.29, 0.717) is 44.5 Å². The number of nitrogens with zero attached hydrogens (tertiary/aromatic N) is 5. The van der Waals surface area contributed by atoms with Crippen molar-refractivity contribution in [2.24, 2.45) is 17.3 Å². The van der Waals surface area contributed by atoms with Crippen LogP contribution in [0.2, 0.25) is 0 Å². The lowest BCUT2D eigenvalue weighted by Crippen LogP contribution is -2.62. The van der Waals surface area contributed by atoms with E-state index in [1.807, 2.05) is 50.2 Å². The maximum atomic E-state index is 14.7. The molecule has 2 saturated heterocycles. The van der Waals surface area contributed by atoms with E-state index in [1.54, 1.807) is 32.5 Å². The van der Waals surface area contributed by atoms with Crippen LogP contribution in [0.1, 0.15) is 77.5 Å². The monoisotopic (exact) mass is 863 g/mol. The van der Waals surface area contributed by atoms with Crippen LogP contribution in [0.4, 0.5) is 0 Å². The number of phenolic OH excluding ortho intramolecular Hbond substituents is 1. The molecule has 3 aliphatic rings. The third-order valence-corrected chi connectivity index (χ3v) is 13.2. The van der Waals surface area contributed by atoms with Crippen molar-refractivity contribution in [2.45, 2.75) is 111 Å². The van der Waals surface area contributed by atoms with Gasteiger partial charge in [-0.2, -0.15) is 0 Å². The number of amides is 3. The number of pyridine rings is 1. The average Bonchev–Trinajstić information content (AvgIpc) is 3.75. The summed E-state index contributed by atoms with van der Waals surface area (Å²) in [7, 11) is 5.28. The highest BCUT2D eigenvalue weighted by Gasteiger charge is 2.42. The first kappa shape index (κ1) is 45.7. The summed E-state index contributed by atoms with van der Waals surface area (Å²) >= 11 is 0. The summed E-state index contributed by atoms with van der Waals surface area (Å²) in [4.78, 5) is 65.2. The Balaban J connectivity index is 1.33. The van der Waals surface area contributed by atoms with Crippen molar-refractivity contribution in [1.29, 1.82) is 0 Å². The van der Waals surface area contributed by atoms with Gasteiger partial charge >= 0.3 is 5.97 Å². The maximum absolute atomic E-state index is 14.7. The Morgan fingerprint density at radius 3 is 2.57 bits per heavy atom. The zero-order chi connectivity index (χ0) is 45.3. The molecule has 3 aliphatic heterocycles. The molecule has 1 unspecified atom stereocenters. The highest BCUT2D eigenvalue weighted by atomic mass is 16.5. The van der Waals surface area contributed by atoms with Crippen molar-refractivity contribution in [3.8, 4) is 28.1 Å². The minimum Gasteiger partial charge on any atom is -0.508 e. The van der Waals surface area contributed by atoms with Crippen LogP contribution >= 0.6 is 0 Å². The molecule has 14 nitrogen and oxygen atoms in total. The van der Waals surface area contributed by atoms with Gasteiger partial charge in [0, 0.05) is 67.9 Å². The average molecular weight is 864 g/mol. The van der Waals surface area contributed by atoms with E-state index >= 15 is 0 Å². The Labute approximate surface area is 371 Å². The first-order valence-electron chi connectivity index (χ1n) is 22.4. The molecular weight excluding hydrogens is 799 g/mol. The molecule has 0 spiro atoms. The van der Waals surface area contributed by atoms with Gasteiger partial charge in [0.05, 0.1) is 24.9 Å². The number of aromatic hydroxyl groups is 1. The third kappa shape index (κ3) is 9.49. The molecule has 0 aliphatic carbocycles. The van der Waals surface area contributed by atoms with E-state index in [2.05, 4.69) is 60.1 Å². The van der Waals surface area contributed by atoms with E-state index in [4.69, 9.17) is 9.47 Å². The van der Waals surface area contributed by atoms with Crippen molar-refractivity contribution < 1.29 is 33.8 Å². The largest absolute Gasteiger partial charge is 0.508 e. The highest BCUT2D eigenvalue weighted by molar-refractivity contribution is 5.96. The Morgan fingerprint density at radius 1 is 1.10 bits per heavy atom. The smallest absolute Gasteiger partial charge is 0.324 e. The summed E-state index contributed by atoms with van der Waals surface area (Å²) < 4.78 is 14.0. The summed E-state index contributed by atoms with van der Waals surface area (Å²) in [5.41, 5.74) is 9.93. The lowest BCUT2D eigenvalue weighted by atomic mass is 9.84. The van der Waals surface area contributed by atoms with Crippen LogP contribution in [-0.2, 0) is 54.6 Å². The van der Waals surface area contributed by atoms with Crippen LogP contribution in [0, 0.1) is 17.3 Å². The van der Waals surface area contributed by atoms with Crippen LogP contribution in [-0.4, -0.2) is 118 Å². The number of cyclic esters (lactones) is 1. The Kier molecular flexibility index (Phi) is 13.6. The van der Waals surface area contributed by atoms with Gasteiger partial charge in [-0.3, -0.25) is 34.1 Å². The SMILES string of the molecule is CCn1c(-c2cnccc2COC)c2c3cc(ccc31)-c1cc(O)cc(c1)C[C@H](NC(=O)C(C(C)C)N(C)C(=O)[C@H]1[C@@H](C)CCN1C)C(=O)N1CCC[C@H](N1)C(=O)OCC(C)(C)C2. The number of aryl methyl sites for hydroxylation is 1. The quantitative estimate of drug-likeness (QED) is 0.178. The second-order valence-corrected chi connectivity index (χ2v) is 19.0. The number of fused-ring (bicyclic) bond motifs is 6. The highest BCUT2D eigenvalue weighted by Crippen LogP contribution is 2.41. The lowest BCUT2D eigenvalue weighted by Gasteiger charge is -2.37. The van der Waals surface area contributed by atoms with Gasteiger partial charge in [0.2, 0.25) is 11.8 Å². The number of hydrogen-bond donors (Lipinski definition) is 3. The first-order valence-corrected chi connectivity index (χ1v) is 22.4. The fourth-order valence-corrected chi connectivity index (χ4v) is 10.0. The second-order valence-electron chi connectivity index (χ2n) is 19.0. The topological polar surface area (TPSA) is 159 Å². The summed E-state index contributed by atoms with van der Waals surface area (Å²) in [6.07, 6.45) is 6.14. The molecule has 6 bridgehead atoms. The molecule has 2 aromatic heterocycles. The molecule has 2 aromatic carbocycles. The second kappa shape index (κ2) is 18.8. The number of methoxy groups -OCH3 is 1. The van der Waals surface area contributed by atoms with Gasteiger partial charge in [-0.05, 0) is 116 Å². The summed E-state index contributed by atoms with van der Waals surface area (Å²) in [5.74, 6) is -1.61. The van der Waals surface area contributed by atoms with Gasteiger partial charge in [0.25, 0.3) is 5.91 Å². The number of hydrogen-bond acceptors (Lipinski definition) is 10. The molecular formula is C49H65N7O7. The van der Waals surface area contributed by atoms with E-state index in [0.717, 1.165) is 57.4 Å². The van der Waals surface area contributed by atoms with Gasteiger partial charge in [-0.25, -0.2) is 5.43 Å². The van der Waals surface area contributed by atoms with Gasteiger partial charge in [-0.1, -0.05) is 46.8 Å². The first-order chi connectivity index (χ1) is 30.0. The number of nitrogens with one attached hydrogen (secondary N) is 2. The Morgan fingerprint density at radius 2 is 1.87 bits per heavy atom. The molecule has 14 heteroatoms. The molecule has 3 N–H and O–H groups in total. The van der Waals surface area contributed by atoms with Gasteiger partial charge < -0.3 is 29.4 Å². The van der Waals surface area contributed by atoms with Crippen molar-refractivity contribution in [1.82, 2.24) is 35.1 Å². The van der Waals surface area contributed by atoms with Crippen LogP contribution < -0.4 is 10.7 Å². The molecule has 0 saturated carbocycles. The number of likely N-dealkylation sites (tertiary alicyclic amines) is 1. The molecule has 0 radical (unpaired) electrons. The van der Waals surface area contributed by atoms with E-state index in [9.17, 15) is 24.3 Å².